The van der Waals surface area contributed by atoms with Crippen molar-refractivity contribution in [2.45, 2.75) is 63.6 Å². The van der Waals surface area contributed by atoms with Crippen molar-refractivity contribution < 1.29 is 32.7 Å². The summed E-state index contributed by atoms with van der Waals surface area (Å²) >= 11 is 6.48. The number of fused-ring (bicyclic) bond motifs is 2. The maximum Gasteiger partial charge on any atom is 0.328 e. The minimum Gasteiger partial charge on any atom is -0.385 e. The van der Waals surface area contributed by atoms with Crippen LogP contribution >= 0.6 is 11.6 Å². The first kappa shape index (κ1) is 42.7. The quantitative estimate of drug-likeness (QED) is 0.154. The van der Waals surface area contributed by atoms with E-state index in [1.807, 2.05) is 42.3 Å². The van der Waals surface area contributed by atoms with Gasteiger partial charge in [0.1, 0.15) is 0 Å². The van der Waals surface area contributed by atoms with Crippen molar-refractivity contribution in [1.29, 1.82) is 0 Å². The average Bonchev–Trinajstić information content (AvgIpc) is 3.91. The third-order valence-corrected chi connectivity index (χ3v) is 14.3. The van der Waals surface area contributed by atoms with E-state index in [9.17, 15) is 19.2 Å². The molecule has 65 heavy (non-hydrogen) atoms. The average molecular weight is 908 g/mol. The molecule has 4 aliphatic heterocycles. The number of carbonyl (C=O) groups is 4. The Morgan fingerprint density at radius 1 is 0.969 bits per heavy atom. The van der Waals surface area contributed by atoms with Gasteiger partial charge >= 0.3 is 6.03 Å². The number of hydrogen-bond donors (Lipinski definition) is 3. The number of likely N-dealkylation sites (tertiary alicyclic amines) is 2. The normalized spacial score (nSPS) is 21.2. The molecule has 0 unspecified atom stereocenters. The lowest BCUT2D eigenvalue weighted by Crippen LogP contribution is -2.70. The van der Waals surface area contributed by atoms with E-state index in [1.54, 1.807) is 30.9 Å². The Bertz CT molecular complexity index is 2760. The summed E-state index contributed by atoms with van der Waals surface area (Å²) in [6.45, 7) is 2.72. The van der Waals surface area contributed by atoms with Crippen LogP contribution in [-0.2, 0) is 22.5 Å². The van der Waals surface area contributed by atoms with Crippen LogP contribution in [0.3, 0.4) is 0 Å². The molecule has 1 saturated carbocycles. The highest BCUT2D eigenvalue weighted by atomic mass is 35.5. The first-order valence-corrected chi connectivity index (χ1v) is 22.2. The first-order valence-electron chi connectivity index (χ1n) is 21.8. The van der Waals surface area contributed by atoms with Crippen molar-refractivity contribution in [3.05, 3.63) is 93.9 Å². The number of ether oxygens (including phenoxy) is 1. The lowest BCUT2D eigenvalue weighted by atomic mass is 9.69. The Kier molecular flexibility index (Phi) is 10.7. The number of piperidine rings is 1. The highest BCUT2D eigenvalue weighted by Crippen LogP contribution is 2.51. The van der Waals surface area contributed by atoms with E-state index in [2.05, 4.69) is 31.9 Å². The smallest absolute Gasteiger partial charge is 0.328 e. The van der Waals surface area contributed by atoms with Gasteiger partial charge in [-0.2, -0.15) is 0 Å². The van der Waals surface area contributed by atoms with Crippen LogP contribution in [0.2, 0.25) is 5.02 Å². The van der Waals surface area contributed by atoms with E-state index in [4.69, 9.17) is 26.4 Å². The molecule has 0 radical (unpaired) electrons. The third-order valence-electron chi connectivity index (χ3n) is 13.9. The van der Waals surface area contributed by atoms with Crippen molar-refractivity contribution in [3.8, 4) is 11.3 Å². The van der Waals surface area contributed by atoms with Crippen molar-refractivity contribution in [1.82, 2.24) is 40.0 Å². The van der Waals surface area contributed by atoms with Gasteiger partial charge in [-0.1, -0.05) is 29.8 Å². The molecular formula is C46H48ClF2N11O5. The molecule has 10 rings (SSSR count). The van der Waals surface area contributed by atoms with Crippen molar-refractivity contribution in [2.75, 3.05) is 68.5 Å². The summed E-state index contributed by atoms with van der Waals surface area (Å²) in [5.74, 6) is -3.72. The number of nitrogens with zero attached hydrogens (tertiary/aromatic N) is 8. The second-order valence-electron chi connectivity index (χ2n) is 17.7. The molecule has 19 heteroatoms. The van der Waals surface area contributed by atoms with Gasteiger partial charge in [0.25, 0.3) is 17.7 Å². The SMILES string of the molecule is CNc1cc(N2CCc3c(-c4ccc(CN5CC6(CCN(C(=O)c7cc(Cl)c(C)c(N8CCC(=O)NC8=O)c7)CC6(F)F)C5)cn4)cccc32)nn2c(C(=O)N[C@@H]3CC[C@H]3OC)cnc12. The summed E-state index contributed by atoms with van der Waals surface area (Å²) in [7, 11) is 3.46. The van der Waals surface area contributed by atoms with Gasteiger partial charge < -0.3 is 25.2 Å². The highest BCUT2D eigenvalue weighted by Gasteiger charge is 2.62. The van der Waals surface area contributed by atoms with E-state index < -0.39 is 35.7 Å². The molecule has 2 atom stereocenters. The first-order chi connectivity index (χ1) is 31.3. The topological polar surface area (TPSA) is 170 Å². The third kappa shape index (κ3) is 7.40. The Labute approximate surface area is 378 Å². The molecule has 2 aromatic carbocycles. The van der Waals surface area contributed by atoms with Crippen LogP contribution in [0.5, 0.6) is 0 Å². The summed E-state index contributed by atoms with van der Waals surface area (Å²) in [6, 6.07) is 14.2. The Morgan fingerprint density at radius 2 is 1.78 bits per heavy atom. The van der Waals surface area contributed by atoms with E-state index in [0.717, 1.165) is 53.0 Å². The second-order valence-corrected chi connectivity index (χ2v) is 18.1. The molecule has 338 valence electrons. The van der Waals surface area contributed by atoms with E-state index >= 15 is 8.78 Å². The summed E-state index contributed by atoms with van der Waals surface area (Å²) in [6.07, 6.45) is 6.06. The number of anilines is 4. The maximum absolute atomic E-state index is 16.1. The molecule has 3 saturated heterocycles. The molecule has 5 aliphatic rings. The standard InChI is InChI=1S/C46H48ClF2N11O5/c1-26-31(47)17-28(18-36(26)59-15-12-40(61)54-44(59)64)43(63)57-16-13-45(46(48,49)25-57)23-56(24-45)22-27-7-8-32(51-20-27)29-5-4-6-35-30(29)11-14-58(35)39-19-34(50-2)41-52-21-37(60(41)55-39)42(62)53-33-9-10-38(33)65-3/h4-8,17-21,33,38,50H,9-16,22-25H2,1-3H3,(H,53,62)(H,54,61,64)/t33-,38-/m1/s1. The van der Waals surface area contributed by atoms with Crippen molar-refractivity contribution in [3.63, 3.8) is 0 Å². The monoisotopic (exact) mass is 907 g/mol. The number of benzene rings is 2. The van der Waals surface area contributed by atoms with Gasteiger partial charge in [-0.3, -0.25) is 34.5 Å². The fourth-order valence-corrected chi connectivity index (χ4v) is 10.2. The van der Waals surface area contributed by atoms with E-state index in [0.29, 0.717) is 41.5 Å². The zero-order chi connectivity index (χ0) is 45.4. The molecule has 3 aromatic heterocycles. The number of pyridine rings is 1. The number of rotatable bonds is 10. The number of urea groups is 1. The van der Waals surface area contributed by atoms with Gasteiger partial charge in [-0.15, -0.1) is 5.10 Å². The molecule has 16 nitrogen and oxygen atoms in total. The number of amides is 5. The van der Waals surface area contributed by atoms with Gasteiger partial charge in [0.05, 0.1) is 47.4 Å². The van der Waals surface area contributed by atoms with E-state index in [1.165, 1.54) is 21.9 Å². The Hall–Kier alpha value is -6.24. The van der Waals surface area contributed by atoms with Crippen molar-refractivity contribution in [2.24, 2.45) is 5.41 Å². The number of halogens is 3. The molecule has 5 amide bonds. The summed E-state index contributed by atoms with van der Waals surface area (Å²) in [5, 5.41) is 13.7. The molecule has 1 aliphatic carbocycles. The molecule has 3 N–H and O–H groups in total. The molecule has 5 aromatic rings. The largest absolute Gasteiger partial charge is 0.385 e. The summed E-state index contributed by atoms with van der Waals surface area (Å²) in [5.41, 5.74) is 6.15. The molecular weight excluding hydrogens is 860 g/mol. The fourth-order valence-electron chi connectivity index (χ4n) is 9.98. The van der Waals surface area contributed by atoms with E-state index in [-0.39, 0.29) is 67.7 Å². The molecule has 4 fully saturated rings. The van der Waals surface area contributed by atoms with Gasteiger partial charge in [0.15, 0.2) is 17.2 Å². The van der Waals surface area contributed by atoms with Crippen LogP contribution in [0.15, 0.2) is 60.9 Å². The summed E-state index contributed by atoms with van der Waals surface area (Å²) < 4.78 is 39.2. The highest BCUT2D eigenvalue weighted by molar-refractivity contribution is 6.32. The predicted octanol–water partition coefficient (Wildman–Crippen LogP) is 5.83. The maximum atomic E-state index is 16.1. The van der Waals surface area contributed by atoms with Gasteiger partial charge in [0.2, 0.25) is 5.91 Å². The number of methoxy groups -OCH3 is 1. The predicted molar refractivity (Wildman–Crippen MR) is 239 cm³/mol. The zero-order valence-electron chi connectivity index (χ0n) is 36.2. The van der Waals surface area contributed by atoms with Gasteiger partial charge in [-0.05, 0) is 73.6 Å². The second kappa shape index (κ2) is 16.3. The van der Waals surface area contributed by atoms with Crippen LogP contribution in [-0.4, -0.2) is 125 Å². The minimum absolute atomic E-state index is 0.00547. The molecule has 1 spiro atoms. The minimum atomic E-state index is -3.14. The fraction of sp³-hybridized carbons (Fsp3) is 0.413. The van der Waals surface area contributed by atoms with Crippen LogP contribution in [0.1, 0.15) is 63.2 Å². The van der Waals surface area contributed by atoms with Crippen LogP contribution in [0, 0.1) is 12.3 Å². The Morgan fingerprint density at radius 3 is 2.49 bits per heavy atom. The van der Waals surface area contributed by atoms with Crippen molar-refractivity contribution >= 4 is 63.9 Å². The van der Waals surface area contributed by atoms with Crippen LogP contribution in [0.4, 0.5) is 36.5 Å². The number of nitrogens with one attached hydrogen (secondary N) is 3. The number of carbonyl (C=O) groups excluding carboxylic acids is 4. The number of aromatic nitrogens is 4. The van der Waals surface area contributed by atoms with Gasteiger partial charge in [0, 0.05) is 93.9 Å². The lowest BCUT2D eigenvalue weighted by Gasteiger charge is -2.57. The molecule has 7 heterocycles. The Balaban J connectivity index is 0.792. The van der Waals surface area contributed by atoms with Crippen LogP contribution < -0.4 is 25.8 Å². The lowest BCUT2D eigenvalue weighted by molar-refractivity contribution is -0.220. The molecule has 0 bridgehead atoms. The number of imidazole rings is 1. The summed E-state index contributed by atoms with van der Waals surface area (Å²) in [4.78, 5) is 67.3. The van der Waals surface area contributed by atoms with Gasteiger partial charge in [-0.25, -0.2) is 23.1 Å². The zero-order valence-corrected chi connectivity index (χ0v) is 36.9. The number of hydrogen-bond acceptors (Lipinski definition) is 11. The number of alkyl halides is 2. The van der Waals surface area contributed by atoms with Crippen LogP contribution in [0.25, 0.3) is 16.9 Å². The number of imide groups is 1.